The van der Waals surface area contributed by atoms with Gasteiger partial charge in [-0.05, 0) is 55.3 Å². The Morgan fingerprint density at radius 2 is 1.86 bits per heavy atom. The molecule has 2 aromatic rings. The number of halogens is 1. The molecule has 2 aromatic carbocycles. The average molecular weight is 464 g/mol. The van der Waals surface area contributed by atoms with Crippen LogP contribution in [-0.2, 0) is 10.0 Å². The zero-order valence-corrected chi connectivity index (χ0v) is 18.0. The number of anilines is 1. The molecule has 0 unspecified atom stereocenters. The van der Waals surface area contributed by atoms with E-state index in [1.807, 2.05) is 11.9 Å². The van der Waals surface area contributed by atoms with Crippen LogP contribution in [0.1, 0.15) is 36.0 Å². The van der Waals surface area contributed by atoms with Crippen molar-refractivity contribution in [3.05, 3.63) is 58.6 Å². The molecule has 1 heterocycles. The zero-order valence-electron chi connectivity index (χ0n) is 15.6. The molecule has 1 amide bonds. The van der Waals surface area contributed by atoms with Crippen molar-refractivity contribution in [3.63, 3.8) is 0 Å². The summed E-state index contributed by atoms with van der Waals surface area (Å²) >= 11 is 3.33. The largest absolute Gasteiger partial charge is 0.362 e. The molecular weight excluding hydrogens is 442 g/mol. The van der Waals surface area contributed by atoms with Gasteiger partial charge in [0, 0.05) is 35.7 Å². The molecule has 1 saturated heterocycles. The summed E-state index contributed by atoms with van der Waals surface area (Å²) < 4.78 is 30.5. The Kier molecular flexibility index (Phi) is 6.51. The Hall–Kier alpha value is -2.19. The molecule has 0 spiro atoms. The summed E-state index contributed by atoms with van der Waals surface area (Å²) in [5.41, 5.74) is 0.889. The Morgan fingerprint density at radius 3 is 2.61 bits per heavy atom. The summed E-state index contributed by atoms with van der Waals surface area (Å²) in [4.78, 5) is 14.3. The molecule has 1 aliphatic rings. The van der Waals surface area contributed by atoms with Gasteiger partial charge in [-0.2, -0.15) is 8.42 Å². The highest BCUT2D eigenvalue weighted by atomic mass is 79.9. The SMILES string of the molecule is CN1CCCCCC1=NS(=O)(=O)c1cccc(NC(=O)c2ccc(Br)cc2)c1. The minimum Gasteiger partial charge on any atom is -0.362 e. The Morgan fingerprint density at radius 1 is 1.11 bits per heavy atom. The highest BCUT2D eigenvalue weighted by Gasteiger charge is 2.19. The van der Waals surface area contributed by atoms with Crippen LogP contribution in [0.5, 0.6) is 0 Å². The first kappa shape index (κ1) is 20.5. The summed E-state index contributed by atoms with van der Waals surface area (Å²) in [5, 5.41) is 2.74. The Bertz CT molecular complexity index is 988. The highest BCUT2D eigenvalue weighted by Crippen LogP contribution is 2.21. The van der Waals surface area contributed by atoms with Crippen molar-refractivity contribution in [1.29, 1.82) is 0 Å². The molecule has 0 atom stereocenters. The maximum Gasteiger partial charge on any atom is 0.284 e. The quantitative estimate of drug-likeness (QED) is 0.732. The number of rotatable bonds is 4. The standard InChI is InChI=1S/C20H22BrN3O3S/c1-24-13-4-2-3-8-19(24)23-28(26,27)18-7-5-6-17(14-18)22-20(25)15-9-11-16(21)12-10-15/h5-7,9-12,14H,2-4,8,13H2,1H3,(H,22,25). The molecule has 148 valence electrons. The Balaban J connectivity index is 1.81. The van der Waals surface area contributed by atoms with Gasteiger partial charge in [-0.1, -0.05) is 28.4 Å². The number of nitrogens with one attached hydrogen (secondary N) is 1. The van der Waals surface area contributed by atoms with Gasteiger partial charge in [0.05, 0.1) is 4.90 Å². The first-order chi connectivity index (χ1) is 13.3. The number of benzene rings is 2. The van der Waals surface area contributed by atoms with Gasteiger partial charge in [-0.3, -0.25) is 4.79 Å². The van der Waals surface area contributed by atoms with Crippen molar-refractivity contribution >= 4 is 43.4 Å². The molecule has 0 radical (unpaired) electrons. The lowest BCUT2D eigenvalue weighted by Gasteiger charge is -2.17. The number of carbonyl (C=O) groups is 1. The van der Waals surface area contributed by atoms with Crippen LogP contribution in [0.4, 0.5) is 5.69 Å². The third kappa shape index (κ3) is 5.20. The number of carbonyl (C=O) groups excluding carboxylic acids is 1. The van der Waals surface area contributed by atoms with E-state index >= 15 is 0 Å². The van der Waals surface area contributed by atoms with Gasteiger partial charge in [-0.15, -0.1) is 4.40 Å². The maximum absolute atomic E-state index is 12.8. The van der Waals surface area contributed by atoms with E-state index in [1.54, 1.807) is 36.4 Å². The summed E-state index contributed by atoms with van der Waals surface area (Å²) in [7, 11) is -1.98. The van der Waals surface area contributed by atoms with Crippen molar-refractivity contribution in [2.45, 2.75) is 30.6 Å². The zero-order chi connectivity index (χ0) is 20.1. The molecule has 0 bridgehead atoms. The van der Waals surface area contributed by atoms with Gasteiger partial charge in [-0.25, -0.2) is 0 Å². The predicted octanol–water partition coefficient (Wildman–Crippen LogP) is 4.29. The molecule has 1 N–H and O–H groups in total. The van der Waals surface area contributed by atoms with Crippen LogP contribution < -0.4 is 5.32 Å². The minimum absolute atomic E-state index is 0.0613. The van der Waals surface area contributed by atoms with E-state index in [-0.39, 0.29) is 10.8 Å². The normalized spacial score (nSPS) is 16.6. The van der Waals surface area contributed by atoms with E-state index in [0.717, 1.165) is 30.3 Å². The van der Waals surface area contributed by atoms with Gasteiger partial charge in [0.1, 0.15) is 5.84 Å². The van der Waals surface area contributed by atoms with Crippen molar-refractivity contribution in [1.82, 2.24) is 4.90 Å². The molecule has 0 aliphatic carbocycles. The topological polar surface area (TPSA) is 78.8 Å². The molecule has 28 heavy (non-hydrogen) atoms. The van der Waals surface area contributed by atoms with E-state index in [2.05, 4.69) is 25.6 Å². The van der Waals surface area contributed by atoms with Gasteiger partial charge in [0.15, 0.2) is 0 Å². The van der Waals surface area contributed by atoms with Crippen LogP contribution in [0.3, 0.4) is 0 Å². The predicted molar refractivity (Wildman–Crippen MR) is 114 cm³/mol. The van der Waals surface area contributed by atoms with Crippen LogP contribution in [0.2, 0.25) is 0 Å². The van der Waals surface area contributed by atoms with Gasteiger partial charge in [0.25, 0.3) is 15.9 Å². The fourth-order valence-corrected chi connectivity index (χ4v) is 4.38. The summed E-state index contributed by atoms with van der Waals surface area (Å²) in [6.45, 7) is 0.803. The van der Waals surface area contributed by atoms with E-state index in [1.165, 1.54) is 12.1 Å². The monoisotopic (exact) mass is 463 g/mol. The average Bonchev–Trinajstić information content (AvgIpc) is 2.86. The second-order valence-electron chi connectivity index (χ2n) is 6.70. The van der Waals surface area contributed by atoms with E-state index in [9.17, 15) is 13.2 Å². The van der Waals surface area contributed by atoms with E-state index in [0.29, 0.717) is 23.5 Å². The number of hydrogen-bond donors (Lipinski definition) is 1. The number of amidine groups is 1. The molecule has 1 fully saturated rings. The van der Waals surface area contributed by atoms with Crippen molar-refractivity contribution in [2.75, 3.05) is 18.9 Å². The van der Waals surface area contributed by atoms with Gasteiger partial charge >= 0.3 is 0 Å². The third-order valence-corrected chi connectivity index (χ3v) is 6.39. The number of nitrogens with zero attached hydrogens (tertiary/aromatic N) is 2. The van der Waals surface area contributed by atoms with Crippen LogP contribution in [0.25, 0.3) is 0 Å². The lowest BCUT2D eigenvalue weighted by molar-refractivity contribution is 0.102. The van der Waals surface area contributed by atoms with Crippen molar-refractivity contribution in [3.8, 4) is 0 Å². The number of sulfonamides is 1. The first-order valence-corrected chi connectivity index (χ1v) is 11.3. The minimum atomic E-state index is -3.85. The fraction of sp³-hybridized carbons (Fsp3) is 0.300. The summed E-state index contributed by atoms with van der Waals surface area (Å²) in [6.07, 6.45) is 3.69. The van der Waals surface area contributed by atoms with Crippen LogP contribution in [0, 0.1) is 0 Å². The second kappa shape index (κ2) is 8.87. The molecule has 0 aromatic heterocycles. The number of hydrogen-bond acceptors (Lipinski definition) is 3. The molecule has 3 rings (SSSR count). The lowest BCUT2D eigenvalue weighted by atomic mass is 10.2. The highest BCUT2D eigenvalue weighted by molar-refractivity contribution is 9.10. The van der Waals surface area contributed by atoms with E-state index < -0.39 is 10.0 Å². The number of amides is 1. The van der Waals surface area contributed by atoms with Gasteiger partial charge in [0.2, 0.25) is 0 Å². The van der Waals surface area contributed by atoms with Gasteiger partial charge < -0.3 is 10.2 Å². The molecular formula is C20H22BrN3O3S. The maximum atomic E-state index is 12.8. The van der Waals surface area contributed by atoms with Crippen LogP contribution in [-0.4, -0.2) is 38.7 Å². The summed E-state index contributed by atoms with van der Waals surface area (Å²) in [5.74, 6) is 0.277. The smallest absolute Gasteiger partial charge is 0.284 e. The Labute approximate surface area is 173 Å². The van der Waals surface area contributed by atoms with Crippen molar-refractivity contribution < 1.29 is 13.2 Å². The first-order valence-electron chi connectivity index (χ1n) is 9.07. The number of likely N-dealkylation sites (tertiary alicyclic amines) is 1. The van der Waals surface area contributed by atoms with Crippen LogP contribution in [0.15, 0.2) is 62.3 Å². The lowest BCUT2D eigenvalue weighted by Crippen LogP contribution is -2.26. The van der Waals surface area contributed by atoms with E-state index in [4.69, 9.17) is 0 Å². The second-order valence-corrected chi connectivity index (χ2v) is 9.22. The molecule has 8 heteroatoms. The third-order valence-electron chi connectivity index (χ3n) is 4.56. The van der Waals surface area contributed by atoms with Crippen LogP contribution >= 0.6 is 15.9 Å². The summed E-state index contributed by atoms with van der Waals surface area (Å²) in [6, 6.07) is 13.1. The molecule has 1 aliphatic heterocycles. The molecule has 0 saturated carbocycles. The van der Waals surface area contributed by atoms with Crippen molar-refractivity contribution in [2.24, 2.45) is 4.40 Å². The fourth-order valence-electron chi connectivity index (χ4n) is 2.97. The molecule has 6 nitrogen and oxygen atoms in total.